The van der Waals surface area contributed by atoms with Crippen molar-refractivity contribution in [1.29, 1.82) is 0 Å². The summed E-state index contributed by atoms with van der Waals surface area (Å²) in [6.07, 6.45) is 5.01. The van der Waals surface area contributed by atoms with E-state index < -0.39 is 71.3 Å². The van der Waals surface area contributed by atoms with E-state index in [1.807, 2.05) is 83.4 Å². The van der Waals surface area contributed by atoms with Gasteiger partial charge in [0, 0.05) is 34.0 Å². The van der Waals surface area contributed by atoms with Gasteiger partial charge in [-0.25, -0.2) is 19.9 Å². The molecule has 74 heavy (non-hydrogen) atoms. The van der Waals surface area contributed by atoms with Crippen molar-refractivity contribution in [3.05, 3.63) is 260 Å². The van der Waals surface area contributed by atoms with E-state index in [2.05, 4.69) is 76.2 Å². The molecule has 12 rings (SSSR count). The van der Waals surface area contributed by atoms with Crippen molar-refractivity contribution < 1.29 is 48.7 Å². The van der Waals surface area contributed by atoms with E-state index in [1.54, 1.807) is 59.6 Å². The first kappa shape index (κ1) is 37.1. The van der Waals surface area contributed by atoms with Crippen molar-refractivity contribution in [2.24, 2.45) is 0 Å². The van der Waals surface area contributed by atoms with E-state index in [0.29, 0.717) is 40.1 Å². The van der Waals surface area contributed by atoms with E-state index in [4.69, 9.17) is 38.4 Å². The van der Waals surface area contributed by atoms with Crippen LogP contribution in [0.2, 0.25) is 0 Å². The minimum Gasteiger partial charge on any atom is -0.508 e. The Morgan fingerprint density at radius 1 is 0.568 bits per heavy atom. The van der Waals surface area contributed by atoms with Crippen molar-refractivity contribution in [3.8, 4) is 51.0 Å². The standard InChI is InChI=1S/C65H49N7O.Pt/c1-64(2,47-27-13-7-14-28-47)62-67-61(68-63(69-62)65(3,4)48-29-15-8-16-30-48)55-42-54-53-33-17-18-36-56(53)72(59-37-19-20-38-66-59)57(54)43-58(55)73-50-32-21-31-49(41-50)70-39-40-71(44-70)60-51(45-23-9-5-10-24-45)34-22-35-52(60)46-25-11-6-12-26-46;/h5-40,42H,1-4H3;/q;+2/i5D,6D,9D,10D,11D,12D,23D,24D,25D,26D;. The molecule has 9 heteroatoms. The van der Waals surface area contributed by atoms with Crippen LogP contribution in [0.3, 0.4) is 0 Å². The van der Waals surface area contributed by atoms with Crippen LogP contribution >= 0.6 is 0 Å². The van der Waals surface area contributed by atoms with Gasteiger partial charge >= 0.3 is 27.1 Å². The molecular weight excluding hydrogens is 1090 g/mol. The molecule has 0 radical (unpaired) electrons. The molecule has 8 aromatic carbocycles. The van der Waals surface area contributed by atoms with E-state index in [-0.39, 0.29) is 60.5 Å². The van der Waals surface area contributed by atoms with Gasteiger partial charge in [0.1, 0.15) is 29.0 Å². The summed E-state index contributed by atoms with van der Waals surface area (Å²) in [5, 5.41) is 1.78. The summed E-state index contributed by atoms with van der Waals surface area (Å²) in [7, 11) is 0. The Balaban J connectivity index is 0.00000736. The Labute approximate surface area is 459 Å². The quantitative estimate of drug-likeness (QED) is 0.0900. The second-order valence-corrected chi connectivity index (χ2v) is 18.4. The monoisotopic (exact) mass is 1150 g/mol. The van der Waals surface area contributed by atoms with Crippen molar-refractivity contribution in [3.63, 3.8) is 0 Å². The predicted molar refractivity (Wildman–Crippen MR) is 290 cm³/mol. The number of fused-ring (bicyclic) bond motifs is 3. The molecule has 0 spiro atoms. The van der Waals surface area contributed by atoms with E-state index in [1.165, 1.54) is 4.58 Å². The van der Waals surface area contributed by atoms with Gasteiger partial charge in [-0.05, 0) is 91.2 Å². The topological polar surface area (TPSA) is 71.7 Å². The second-order valence-electron chi connectivity index (χ2n) is 18.4. The van der Waals surface area contributed by atoms with Crippen LogP contribution < -0.4 is 4.74 Å². The Morgan fingerprint density at radius 2 is 1.15 bits per heavy atom. The first-order chi connectivity index (χ1) is 39.8. The first-order valence-electron chi connectivity index (χ1n) is 28.6. The molecule has 0 atom stereocenters. The maximum absolute atomic E-state index is 9.00. The van der Waals surface area contributed by atoms with Crippen molar-refractivity contribution in [2.75, 3.05) is 0 Å². The molecule has 0 saturated heterocycles. The molecule has 3 aromatic heterocycles. The largest absolute Gasteiger partial charge is 2.00 e. The third-order valence-corrected chi connectivity index (χ3v) is 13.2. The van der Waals surface area contributed by atoms with Gasteiger partial charge in [0.05, 0.1) is 24.8 Å². The minimum absolute atomic E-state index is 0. The third kappa shape index (κ3) is 8.79. The second kappa shape index (κ2) is 19.7. The number of benzene rings is 8. The molecule has 0 fully saturated rings. The van der Waals surface area contributed by atoms with Crippen LogP contribution in [0.25, 0.3) is 61.3 Å². The van der Waals surface area contributed by atoms with Crippen LogP contribution in [0.1, 0.15) is 64.2 Å². The zero-order valence-corrected chi connectivity index (χ0v) is 42.7. The number of para-hydroxylation sites is 2. The summed E-state index contributed by atoms with van der Waals surface area (Å²) in [6.45, 7) is 8.39. The number of aromatic nitrogens is 5. The van der Waals surface area contributed by atoms with Crippen LogP contribution in [-0.2, 0) is 31.9 Å². The summed E-state index contributed by atoms with van der Waals surface area (Å²) >= 11 is 0. The molecule has 1 aliphatic heterocycles. The van der Waals surface area contributed by atoms with Gasteiger partial charge in [-0.3, -0.25) is 0 Å². The number of ether oxygens (including phenoxy) is 1. The summed E-state index contributed by atoms with van der Waals surface area (Å²) < 4.78 is 99.1. The van der Waals surface area contributed by atoms with Gasteiger partial charge in [-0.1, -0.05) is 178 Å². The fourth-order valence-corrected chi connectivity index (χ4v) is 9.21. The molecule has 8 nitrogen and oxygen atoms in total. The molecule has 11 aromatic rings. The Kier molecular flexibility index (Phi) is 9.90. The normalized spacial score (nSPS) is 14.3. The van der Waals surface area contributed by atoms with Crippen LogP contribution in [0, 0.1) is 12.1 Å². The minimum atomic E-state index is -0.693. The summed E-state index contributed by atoms with van der Waals surface area (Å²) in [4.78, 5) is 20.8. The Morgan fingerprint density at radius 3 is 1.77 bits per heavy atom. The van der Waals surface area contributed by atoms with Crippen LogP contribution in [0.4, 0.5) is 11.4 Å². The van der Waals surface area contributed by atoms with Crippen LogP contribution in [0.15, 0.2) is 225 Å². The van der Waals surface area contributed by atoms with Gasteiger partial charge in [0.25, 0.3) is 12.4 Å². The summed E-state index contributed by atoms with van der Waals surface area (Å²) in [5.74, 6) is 2.64. The maximum Gasteiger partial charge on any atom is 2.00 e. The maximum atomic E-state index is 9.00. The Bertz CT molecular complexity index is 4370. The smallest absolute Gasteiger partial charge is 0.508 e. The molecule has 0 aliphatic carbocycles. The van der Waals surface area contributed by atoms with E-state index >= 15 is 0 Å². The number of rotatable bonds is 12. The Hall–Kier alpha value is -8.67. The molecule has 0 unspecified atom stereocenters. The molecule has 0 amide bonds. The average Bonchev–Trinajstić information content (AvgIpc) is 1.85. The number of hydrogen-bond donors (Lipinski definition) is 0. The third-order valence-electron chi connectivity index (χ3n) is 13.2. The average molecular weight is 1150 g/mol. The summed E-state index contributed by atoms with van der Waals surface area (Å²) in [5.41, 5.74) is 3.20. The molecular formula is C65H49N7OPt+2. The zero-order chi connectivity index (χ0) is 58.2. The SMILES string of the molecule is [2H]c1c([2H])c([2H])c(-c2cccc(-c3c([2H])c([2H])c([2H])c([2H])c3[2H])c2[N+]2=C=[N+](c3[c-]c(Oc4[c-]c5c(cc4-c4nc(C(C)(C)c6ccccc6)nc(C(C)(C)c6ccccc6)n4)c4ccccc4n5-c4ccccn4)ccc3)C=C2)c([2H])c1[2H].[Pt+2]. The van der Waals surface area contributed by atoms with E-state index in [9.17, 15) is 0 Å². The predicted octanol–water partition coefficient (Wildman–Crippen LogP) is 15.1. The van der Waals surface area contributed by atoms with Crippen LogP contribution in [0.5, 0.6) is 11.5 Å². The van der Waals surface area contributed by atoms with E-state index in [0.717, 1.165) is 27.4 Å². The van der Waals surface area contributed by atoms with Gasteiger partial charge in [-0.15, -0.1) is 23.6 Å². The molecule has 1 aliphatic rings. The first-order valence-corrected chi connectivity index (χ1v) is 23.6. The zero-order valence-electron chi connectivity index (χ0n) is 50.4. The molecule has 358 valence electrons. The number of hydrogen-bond acceptors (Lipinski definition) is 5. The van der Waals surface area contributed by atoms with Crippen molar-refractivity contribution in [2.45, 2.75) is 38.5 Å². The summed E-state index contributed by atoms with van der Waals surface area (Å²) in [6, 6.07) is 51.0. The molecule has 4 heterocycles. The number of pyridine rings is 1. The number of nitrogens with zero attached hydrogens (tertiary/aromatic N) is 7. The van der Waals surface area contributed by atoms with Crippen molar-refractivity contribution >= 4 is 39.2 Å². The van der Waals surface area contributed by atoms with Crippen LogP contribution in [-0.4, -0.2) is 39.7 Å². The van der Waals surface area contributed by atoms with Gasteiger partial charge in [0.15, 0.2) is 0 Å². The fraction of sp³-hybridized carbons (Fsp3) is 0.0923. The van der Waals surface area contributed by atoms with Gasteiger partial charge in [-0.2, -0.15) is 6.07 Å². The van der Waals surface area contributed by atoms with Crippen molar-refractivity contribution in [1.82, 2.24) is 24.5 Å². The van der Waals surface area contributed by atoms with Gasteiger partial charge < -0.3 is 9.30 Å². The van der Waals surface area contributed by atoms with Gasteiger partial charge in [0.2, 0.25) is 5.69 Å². The molecule has 0 bridgehead atoms. The fourth-order valence-electron chi connectivity index (χ4n) is 9.21. The molecule has 0 saturated carbocycles. The molecule has 0 N–H and O–H groups in total.